The molecule has 0 saturated heterocycles. The number of sulfonamides is 1. The Morgan fingerprint density at radius 2 is 1.87 bits per heavy atom. The van der Waals surface area contributed by atoms with Gasteiger partial charge in [0.2, 0.25) is 5.91 Å². The summed E-state index contributed by atoms with van der Waals surface area (Å²) >= 11 is 1.17. The van der Waals surface area contributed by atoms with Crippen LogP contribution >= 0.6 is 11.3 Å². The van der Waals surface area contributed by atoms with Crippen LogP contribution in [0.2, 0.25) is 0 Å². The normalized spacial score (nSPS) is 11.4. The van der Waals surface area contributed by atoms with Gasteiger partial charge < -0.3 is 15.1 Å². The van der Waals surface area contributed by atoms with Gasteiger partial charge in [0.1, 0.15) is 4.21 Å². The van der Waals surface area contributed by atoms with Crippen molar-refractivity contribution in [2.75, 3.05) is 18.9 Å². The minimum absolute atomic E-state index is 0.155. The second-order valence-corrected chi connectivity index (χ2v) is 9.99. The molecule has 0 atom stereocenters. The summed E-state index contributed by atoms with van der Waals surface area (Å²) < 4.78 is 31.3. The van der Waals surface area contributed by atoms with Gasteiger partial charge in [0.25, 0.3) is 15.9 Å². The quantitative estimate of drug-likeness (QED) is 0.482. The maximum Gasteiger partial charge on any atom is 0.291 e. The molecule has 1 aromatic carbocycles. The number of nitrogens with one attached hydrogen (secondary N) is 2. The number of furan rings is 1. The zero-order valence-electron chi connectivity index (χ0n) is 16.9. The second-order valence-electron chi connectivity index (χ2n) is 6.77. The Morgan fingerprint density at radius 3 is 2.52 bits per heavy atom. The van der Waals surface area contributed by atoms with E-state index in [1.165, 1.54) is 29.0 Å². The Hall–Kier alpha value is -2.95. The zero-order chi connectivity index (χ0) is 22.3. The summed E-state index contributed by atoms with van der Waals surface area (Å²) in [6.07, 6.45) is 2.08. The van der Waals surface area contributed by atoms with Crippen LogP contribution in [0, 0.1) is 0 Å². The van der Waals surface area contributed by atoms with E-state index in [9.17, 15) is 18.0 Å². The molecule has 0 aliphatic heterocycles. The van der Waals surface area contributed by atoms with Crippen LogP contribution in [0.4, 0.5) is 5.69 Å². The van der Waals surface area contributed by atoms with Crippen molar-refractivity contribution in [1.29, 1.82) is 0 Å². The number of carbonyl (C=O) groups excluding carboxylic acids is 2. The number of rotatable bonds is 10. The molecule has 0 saturated carbocycles. The third-order valence-corrected chi connectivity index (χ3v) is 7.71. The highest BCUT2D eigenvalue weighted by atomic mass is 32.2. The molecule has 3 rings (SSSR count). The van der Waals surface area contributed by atoms with E-state index in [0.717, 1.165) is 5.56 Å². The molecule has 0 unspecified atom stereocenters. The molecule has 31 heavy (non-hydrogen) atoms. The average Bonchev–Trinajstić information content (AvgIpc) is 3.47. The fourth-order valence-corrected chi connectivity index (χ4v) is 5.15. The maximum atomic E-state index is 12.3. The van der Waals surface area contributed by atoms with Crippen LogP contribution in [-0.4, -0.2) is 38.1 Å². The molecule has 0 aliphatic rings. The summed E-state index contributed by atoms with van der Waals surface area (Å²) in [6.45, 7) is 0.603. The van der Waals surface area contributed by atoms with Gasteiger partial charge in [-0.2, -0.15) is 0 Å². The van der Waals surface area contributed by atoms with Gasteiger partial charge in [-0.1, -0.05) is 18.2 Å². The van der Waals surface area contributed by atoms with Gasteiger partial charge in [-0.3, -0.25) is 9.59 Å². The van der Waals surface area contributed by atoms with Gasteiger partial charge in [-0.25, -0.2) is 12.7 Å². The van der Waals surface area contributed by atoms with Crippen LogP contribution in [0.3, 0.4) is 0 Å². The highest BCUT2D eigenvalue weighted by Gasteiger charge is 2.21. The van der Waals surface area contributed by atoms with E-state index in [1.54, 1.807) is 53.9 Å². The number of carbonyl (C=O) groups is 2. The molecule has 0 bridgehead atoms. The van der Waals surface area contributed by atoms with Gasteiger partial charge in [-0.05, 0) is 47.7 Å². The highest BCUT2D eigenvalue weighted by Crippen LogP contribution is 2.20. The molecule has 2 aromatic heterocycles. The minimum Gasteiger partial charge on any atom is -0.459 e. The number of amides is 2. The first-order chi connectivity index (χ1) is 14.9. The molecule has 10 heteroatoms. The van der Waals surface area contributed by atoms with Crippen molar-refractivity contribution in [2.45, 2.75) is 23.6 Å². The second kappa shape index (κ2) is 10.4. The Morgan fingerprint density at radius 1 is 1.10 bits per heavy atom. The predicted molar refractivity (Wildman–Crippen MR) is 118 cm³/mol. The predicted octanol–water partition coefficient (Wildman–Crippen LogP) is 3.31. The van der Waals surface area contributed by atoms with Gasteiger partial charge in [0, 0.05) is 32.2 Å². The molecular formula is C21H23N3O5S2. The Bertz CT molecular complexity index is 1090. The SMILES string of the molecule is CN(CCCC(=O)NCc1ccc(NC(=O)c2ccco2)cc1)S(=O)(=O)c1cccs1. The Labute approximate surface area is 184 Å². The highest BCUT2D eigenvalue weighted by molar-refractivity contribution is 7.91. The summed E-state index contributed by atoms with van der Waals surface area (Å²) in [5, 5.41) is 7.25. The third kappa shape index (κ3) is 6.27. The Kier molecular flexibility index (Phi) is 7.61. The van der Waals surface area contributed by atoms with E-state index in [-0.39, 0.29) is 30.5 Å². The Balaban J connectivity index is 1.39. The standard InChI is InChI=1S/C21H23N3O5S2/c1-24(31(27,28)20-7-4-14-30-20)12-2-6-19(25)22-15-16-8-10-17(11-9-16)23-21(26)18-5-3-13-29-18/h3-5,7-11,13-14H,2,6,12,15H2,1H3,(H,22,25)(H,23,26). The molecule has 0 spiro atoms. The number of nitrogens with zero attached hydrogens (tertiary/aromatic N) is 1. The van der Waals surface area contributed by atoms with Crippen LogP contribution in [0.15, 0.2) is 68.8 Å². The molecule has 0 radical (unpaired) electrons. The third-order valence-electron chi connectivity index (χ3n) is 4.48. The summed E-state index contributed by atoms with van der Waals surface area (Å²) in [7, 11) is -1.98. The lowest BCUT2D eigenvalue weighted by Crippen LogP contribution is -2.29. The molecular weight excluding hydrogens is 438 g/mol. The van der Waals surface area contributed by atoms with Crippen molar-refractivity contribution in [3.8, 4) is 0 Å². The molecule has 164 valence electrons. The lowest BCUT2D eigenvalue weighted by molar-refractivity contribution is -0.121. The smallest absolute Gasteiger partial charge is 0.291 e. The summed E-state index contributed by atoms with van der Waals surface area (Å²) in [6, 6.07) is 13.6. The van der Waals surface area contributed by atoms with Crippen molar-refractivity contribution < 1.29 is 22.4 Å². The first-order valence-electron chi connectivity index (χ1n) is 9.56. The molecule has 2 heterocycles. The van der Waals surface area contributed by atoms with Crippen molar-refractivity contribution in [3.05, 3.63) is 71.5 Å². The van der Waals surface area contributed by atoms with Crippen molar-refractivity contribution in [1.82, 2.24) is 9.62 Å². The number of thiophene rings is 1. The average molecular weight is 462 g/mol. The van der Waals surface area contributed by atoms with Gasteiger partial charge in [0.05, 0.1) is 6.26 Å². The lowest BCUT2D eigenvalue weighted by Gasteiger charge is -2.15. The van der Waals surface area contributed by atoms with Gasteiger partial charge in [-0.15, -0.1) is 11.3 Å². The van der Waals surface area contributed by atoms with Gasteiger partial charge in [0.15, 0.2) is 5.76 Å². The minimum atomic E-state index is -3.49. The summed E-state index contributed by atoms with van der Waals surface area (Å²) in [4.78, 5) is 24.0. The molecule has 0 fully saturated rings. The molecule has 0 aliphatic carbocycles. The van der Waals surface area contributed by atoms with Crippen LogP contribution in [0.5, 0.6) is 0 Å². The maximum absolute atomic E-state index is 12.3. The van der Waals surface area contributed by atoms with E-state index >= 15 is 0 Å². The van der Waals surface area contributed by atoms with Crippen molar-refractivity contribution in [3.63, 3.8) is 0 Å². The topological polar surface area (TPSA) is 109 Å². The van der Waals surface area contributed by atoms with Gasteiger partial charge >= 0.3 is 0 Å². The van der Waals surface area contributed by atoms with Crippen LogP contribution in [-0.2, 0) is 21.4 Å². The number of anilines is 1. The van der Waals surface area contributed by atoms with Crippen LogP contribution in [0.25, 0.3) is 0 Å². The summed E-state index contributed by atoms with van der Waals surface area (Å²) in [5.74, 6) is -0.264. The molecule has 3 aromatic rings. The monoisotopic (exact) mass is 461 g/mol. The summed E-state index contributed by atoms with van der Waals surface area (Å²) in [5.41, 5.74) is 1.49. The number of hydrogen-bond acceptors (Lipinski definition) is 6. The zero-order valence-corrected chi connectivity index (χ0v) is 18.5. The van der Waals surface area contributed by atoms with E-state index in [2.05, 4.69) is 10.6 Å². The van der Waals surface area contributed by atoms with Crippen molar-refractivity contribution >= 4 is 38.9 Å². The molecule has 2 amide bonds. The van der Waals surface area contributed by atoms with Crippen LogP contribution in [0.1, 0.15) is 29.0 Å². The fraction of sp³-hybridized carbons (Fsp3) is 0.238. The molecule has 8 nitrogen and oxygen atoms in total. The number of hydrogen-bond donors (Lipinski definition) is 2. The molecule has 2 N–H and O–H groups in total. The van der Waals surface area contributed by atoms with E-state index < -0.39 is 10.0 Å². The first-order valence-corrected chi connectivity index (χ1v) is 11.9. The van der Waals surface area contributed by atoms with E-state index in [4.69, 9.17) is 4.42 Å². The fourth-order valence-electron chi connectivity index (χ4n) is 2.74. The van der Waals surface area contributed by atoms with E-state index in [1.807, 2.05) is 0 Å². The lowest BCUT2D eigenvalue weighted by atomic mass is 10.2. The van der Waals surface area contributed by atoms with Crippen LogP contribution < -0.4 is 10.6 Å². The number of benzene rings is 1. The first kappa shape index (κ1) is 22.7. The van der Waals surface area contributed by atoms with E-state index in [0.29, 0.717) is 22.9 Å². The van der Waals surface area contributed by atoms with Crippen molar-refractivity contribution in [2.24, 2.45) is 0 Å². The largest absolute Gasteiger partial charge is 0.459 e.